The quantitative estimate of drug-likeness (QED) is 0.933. The Balaban J connectivity index is 1.75. The van der Waals surface area contributed by atoms with Crippen LogP contribution in [0.15, 0.2) is 48.7 Å². The maximum atomic E-state index is 12.6. The van der Waals surface area contributed by atoms with E-state index in [1.54, 1.807) is 18.0 Å². The lowest BCUT2D eigenvalue weighted by molar-refractivity contribution is -0.133. The zero-order valence-corrected chi connectivity index (χ0v) is 14.6. The van der Waals surface area contributed by atoms with Crippen LogP contribution in [0.5, 0.6) is 0 Å². The Morgan fingerprint density at radius 1 is 1.24 bits per heavy atom. The maximum absolute atomic E-state index is 12.6. The van der Waals surface area contributed by atoms with Crippen molar-refractivity contribution in [3.8, 4) is 0 Å². The van der Waals surface area contributed by atoms with Gasteiger partial charge in [-0.3, -0.25) is 14.6 Å². The number of pyridine rings is 1. The van der Waals surface area contributed by atoms with Crippen LogP contribution in [0, 0.1) is 0 Å². The van der Waals surface area contributed by atoms with Gasteiger partial charge in [0.15, 0.2) is 0 Å². The number of fused-ring (bicyclic) bond motifs is 1. The van der Waals surface area contributed by atoms with Gasteiger partial charge in [0.25, 0.3) is 0 Å². The lowest BCUT2D eigenvalue weighted by Crippen LogP contribution is -2.41. The Kier molecular flexibility index (Phi) is 5.12. The van der Waals surface area contributed by atoms with Crippen LogP contribution in [0.4, 0.5) is 0 Å². The van der Waals surface area contributed by atoms with Crippen LogP contribution in [0.2, 0.25) is 0 Å². The van der Waals surface area contributed by atoms with Gasteiger partial charge in [-0.2, -0.15) is 0 Å². The summed E-state index contributed by atoms with van der Waals surface area (Å²) in [6, 6.07) is 13.3. The van der Waals surface area contributed by atoms with Crippen molar-refractivity contribution in [3.05, 3.63) is 65.5 Å². The van der Waals surface area contributed by atoms with Crippen molar-refractivity contribution >= 4 is 11.8 Å². The number of nitrogens with one attached hydrogen (secondary N) is 1. The van der Waals surface area contributed by atoms with Crippen molar-refractivity contribution in [2.75, 3.05) is 6.54 Å². The maximum Gasteiger partial charge on any atom is 0.222 e. The number of amides is 2. The SMILES string of the molecule is CC(=O)N1CCc2ccccc2[C@@H]1CC(=O)N[C@H](C)c1ccccn1. The summed E-state index contributed by atoms with van der Waals surface area (Å²) in [6.45, 7) is 4.13. The molecule has 1 aliphatic rings. The number of hydrogen-bond acceptors (Lipinski definition) is 3. The van der Waals surface area contributed by atoms with Gasteiger partial charge in [0.05, 0.1) is 24.2 Å². The molecule has 0 fully saturated rings. The van der Waals surface area contributed by atoms with E-state index in [1.165, 1.54) is 5.56 Å². The molecule has 130 valence electrons. The molecule has 2 heterocycles. The Morgan fingerprint density at radius 2 is 2.00 bits per heavy atom. The van der Waals surface area contributed by atoms with Crippen LogP contribution >= 0.6 is 0 Å². The van der Waals surface area contributed by atoms with Gasteiger partial charge in [-0.05, 0) is 36.6 Å². The fourth-order valence-electron chi connectivity index (χ4n) is 3.43. The summed E-state index contributed by atoms with van der Waals surface area (Å²) in [5.74, 6) is -0.0730. The van der Waals surface area contributed by atoms with Gasteiger partial charge in [0, 0.05) is 19.7 Å². The number of aromatic nitrogens is 1. The molecule has 1 N–H and O–H groups in total. The van der Waals surface area contributed by atoms with Crippen LogP contribution in [-0.2, 0) is 16.0 Å². The number of nitrogens with zero attached hydrogens (tertiary/aromatic N) is 2. The molecule has 1 aliphatic heterocycles. The van der Waals surface area contributed by atoms with Crippen LogP contribution in [0.25, 0.3) is 0 Å². The highest BCUT2D eigenvalue weighted by atomic mass is 16.2. The second-order valence-electron chi connectivity index (χ2n) is 6.42. The standard InChI is InChI=1S/C20H23N3O2/c1-14(18-9-5-6-11-21-18)22-20(25)13-19-17-8-4-3-7-16(17)10-12-23(19)15(2)24/h3-9,11,14,19H,10,12-13H2,1-2H3,(H,22,25)/t14-,19+/m1/s1. The minimum Gasteiger partial charge on any atom is -0.348 e. The molecule has 1 aromatic heterocycles. The molecule has 1 aromatic carbocycles. The molecular weight excluding hydrogens is 314 g/mol. The minimum absolute atomic E-state index is 0.00470. The van der Waals surface area contributed by atoms with E-state index >= 15 is 0 Å². The molecule has 5 heteroatoms. The molecule has 0 spiro atoms. The van der Waals surface area contributed by atoms with Crippen molar-refractivity contribution in [2.24, 2.45) is 0 Å². The molecule has 0 saturated heterocycles. The summed E-state index contributed by atoms with van der Waals surface area (Å²) >= 11 is 0. The van der Waals surface area contributed by atoms with E-state index in [4.69, 9.17) is 0 Å². The Morgan fingerprint density at radius 3 is 2.72 bits per heavy atom. The molecule has 3 rings (SSSR count). The summed E-state index contributed by atoms with van der Waals surface area (Å²) in [5, 5.41) is 2.99. The fraction of sp³-hybridized carbons (Fsp3) is 0.350. The fourth-order valence-corrected chi connectivity index (χ4v) is 3.43. The predicted molar refractivity (Wildman–Crippen MR) is 95.7 cm³/mol. The smallest absolute Gasteiger partial charge is 0.222 e. The molecule has 2 aromatic rings. The van der Waals surface area contributed by atoms with Gasteiger partial charge in [-0.25, -0.2) is 0 Å². The Hall–Kier alpha value is -2.69. The van der Waals surface area contributed by atoms with Crippen LogP contribution in [0.1, 0.15) is 49.2 Å². The summed E-state index contributed by atoms with van der Waals surface area (Å²) < 4.78 is 0. The number of benzene rings is 1. The molecule has 25 heavy (non-hydrogen) atoms. The molecule has 0 saturated carbocycles. The highest BCUT2D eigenvalue weighted by Gasteiger charge is 2.30. The number of carbonyl (C=O) groups is 2. The van der Waals surface area contributed by atoms with Crippen LogP contribution in [0.3, 0.4) is 0 Å². The van der Waals surface area contributed by atoms with E-state index in [2.05, 4.69) is 16.4 Å². The summed E-state index contributed by atoms with van der Waals surface area (Å²) in [6.07, 6.45) is 2.80. The molecule has 2 atom stereocenters. The third-order valence-electron chi connectivity index (χ3n) is 4.70. The average Bonchev–Trinajstić information content (AvgIpc) is 2.62. The number of rotatable bonds is 4. The lowest BCUT2D eigenvalue weighted by atomic mass is 9.90. The lowest BCUT2D eigenvalue weighted by Gasteiger charge is -2.36. The largest absolute Gasteiger partial charge is 0.348 e. The molecule has 0 aliphatic carbocycles. The third-order valence-corrected chi connectivity index (χ3v) is 4.70. The van der Waals surface area contributed by atoms with Gasteiger partial charge in [-0.15, -0.1) is 0 Å². The van der Waals surface area contributed by atoms with E-state index in [1.807, 2.05) is 43.3 Å². The van der Waals surface area contributed by atoms with Crippen molar-refractivity contribution in [1.29, 1.82) is 0 Å². The van der Waals surface area contributed by atoms with Gasteiger partial charge < -0.3 is 10.2 Å². The topological polar surface area (TPSA) is 62.3 Å². The first-order chi connectivity index (χ1) is 12.1. The zero-order chi connectivity index (χ0) is 17.8. The van der Waals surface area contributed by atoms with Crippen LogP contribution in [-0.4, -0.2) is 28.2 Å². The summed E-state index contributed by atoms with van der Waals surface area (Å²) in [7, 11) is 0. The second-order valence-corrected chi connectivity index (χ2v) is 6.42. The van der Waals surface area contributed by atoms with E-state index in [0.29, 0.717) is 6.54 Å². The average molecular weight is 337 g/mol. The minimum atomic E-state index is -0.210. The molecule has 5 nitrogen and oxygen atoms in total. The first kappa shape index (κ1) is 17.1. The highest BCUT2D eigenvalue weighted by molar-refractivity contribution is 5.80. The van der Waals surface area contributed by atoms with E-state index in [9.17, 15) is 9.59 Å². The predicted octanol–water partition coefficient (Wildman–Crippen LogP) is 2.79. The summed E-state index contributed by atoms with van der Waals surface area (Å²) in [5.41, 5.74) is 3.11. The second kappa shape index (κ2) is 7.47. The van der Waals surface area contributed by atoms with Gasteiger partial charge in [0.1, 0.15) is 0 Å². The van der Waals surface area contributed by atoms with Gasteiger partial charge in [-0.1, -0.05) is 30.3 Å². The van der Waals surface area contributed by atoms with Crippen LogP contribution < -0.4 is 5.32 Å². The number of carbonyl (C=O) groups excluding carboxylic acids is 2. The van der Waals surface area contributed by atoms with Crippen molar-refractivity contribution in [1.82, 2.24) is 15.2 Å². The molecule has 2 amide bonds. The number of hydrogen-bond donors (Lipinski definition) is 1. The highest BCUT2D eigenvalue weighted by Crippen LogP contribution is 2.32. The zero-order valence-electron chi connectivity index (χ0n) is 14.6. The molecule has 0 unspecified atom stereocenters. The van der Waals surface area contributed by atoms with Gasteiger partial charge >= 0.3 is 0 Å². The monoisotopic (exact) mass is 337 g/mol. The van der Waals surface area contributed by atoms with E-state index in [0.717, 1.165) is 17.7 Å². The Bertz CT molecular complexity index is 761. The molecular formula is C20H23N3O2. The normalized spacial score (nSPS) is 17.5. The summed E-state index contributed by atoms with van der Waals surface area (Å²) in [4.78, 5) is 30.7. The first-order valence-electron chi connectivity index (χ1n) is 8.61. The third kappa shape index (κ3) is 3.87. The van der Waals surface area contributed by atoms with Crippen molar-refractivity contribution < 1.29 is 9.59 Å². The Labute approximate surface area is 148 Å². The first-order valence-corrected chi connectivity index (χ1v) is 8.61. The molecule has 0 bridgehead atoms. The van der Waals surface area contributed by atoms with Crippen molar-refractivity contribution in [2.45, 2.75) is 38.8 Å². The van der Waals surface area contributed by atoms with Crippen molar-refractivity contribution in [3.63, 3.8) is 0 Å². The molecule has 0 radical (unpaired) electrons. The van der Waals surface area contributed by atoms with E-state index < -0.39 is 0 Å². The van der Waals surface area contributed by atoms with E-state index in [-0.39, 0.29) is 30.3 Å². The van der Waals surface area contributed by atoms with Gasteiger partial charge in [0.2, 0.25) is 11.8 Å².